The summed E-state index contributed by atoms with van der Waals surface area (Å²) in [6.07, 6.45) is 2.34. The first-order chi connectivity index (χ1) is 14.0. The Hall–Kier alpha value is -3.22. The van der Waals surface area contributed by atoms with Gasteiger partial charge in [-0.25, -0.2) is 8.78 Å². The van der Waals surface area contributed by atoms with E-state index in [1.54, 1.807) is 30.3 Å². The second-order valence-electron chi connectivity index (χ2n) is 6.95. The largest absolute Gasteiger partial charge is 0.371 e. The van der Waals surface area contributed by atoms with Crippen molar-refractivity contribution in [2.24, 2.45) is 5.92 Å². The Balaban J connectivity index is 1.55. The number of carbonyl (C=O) groups excluding carboxylic acids is 2. The van der Waals surface area contributed by atoms with Gasteiger partial charge in [-0.3, -0.25) is 9.59 Å². The van der Waals surface area contributed by atoms with Gasteiger partial charge < -0.3 is 15.1 Å². The van der Waals surface area contributed by atoms with Crippen molar-refractivity contribution in [1.82, 2.24) is 5.32 Å². The van der Waals surface area contributed by atoms with E-state index in [9.17, 15) is 18.4 Å². The second-order valence-corrected chi connectivity index (χ2v) is 6.95. The highest BCUT2D eigenvalue weighted by atomic mass is 19.2. The first kappa shape index (κ1) is 20.5. The smallest absolute Gasteiger partial charge is 0.316 e. The lowest BCUT2D eigenvalue weighted by Gasteiger charge is -2.21. The minimum Gasteiger partial charge on any atom is -0.371 e. The Morgan fingerprint density at radius 1 is 1.17 bits per heavy atom. The maximum Gasteiger partial charge on any atom is 0.316 e. The van der Waals surface area contributed by atoms with Crippen LogP contribution in [0.4, 0.5) is 20.2 Å². The van der Waals surface area contributed by atoms with Crippen LogP contribution in [-0.4, -0.2) is 38.0 Å². The maximum absolute atomic E-state index is 13.4. The molecule has 1 fully saturated rings. The van der Waals surface area contributed by atoms with Crippen molar-refractivity contribution in [1.29, 1.82) is 0 Å². The van der Waals surface area contributed by atoms with Gasteiger partial charge in [0.05, 0.1) is 0 Å². The lowest BCUT2D eigenvalue weighted by Crippen LogP contribution is -2.44. The summed E-state index contributed by atoms with van der Waals surface area (Å²) >= 11 is 0. The fourth-order valence-electron chi connectivity index (χ4n) is 3.39. The first-order valence-corrected chi connectivity index (χ1v) is 9.45. The van der Waals surface area contributed by atoms with E-state index in [0.717, 1.165) is 12.5 Å². The van der Waals surface area contributed by atoms with Crippen molar-refractivity contribution >= 4 is 23.2 Å². The Kier molecular flexibility index (Phi) is 6.59. The van der Waals surface area contributed by atoms with Crippen molar-refractivity contribution in [3.63, 3.8) is 0 Å². The van der Waals surface area contributed by atoms with Gasteiger partial charge in [-0.1, -0.05) is 24.3 Å². The summed E-state index contributed by atoms with van der Waals surface area (Å²) in [4.78, 5) is 28.3. The molecular weight excluding hydrogens is 376 g/mol. The van der Waals surface area contributed by atoms with Crippen molar-refractivity contribution in [3.05, 3.63) is 72.8 Å². The summed E-state index contributed by atoms with van der Waals surface area (Å²) in [6, 6.07) is 12.7. The van der Waals surface area contributed by atoms with E-state index in [-0.39, 0.29) is 12.5 Å². The number of hydrogen-bond acceptors (Lipinski definition) is 3. The maximum atomic E-state index is 13.4. The average Bonchev–Trinajstić information content (AvgIpc) is 3.21. The molecule has 2 aromatic rings. The van der Waals surface area contributed by atoms with Crippen molar-refractivity contribution < 1.29 is 18.4 Å². The molecule has 1 atom stereocenters. The molecule has 1 aliphatic heterocycles. The first-order valence-electron chi connectivity index (χ1n) is 9.45. The molecule has 2 amide bonds. The second kappa shape index (κ2) is 9.32. The van der Waals surface area contributed by atoms with Gasteiger partial charge in [-0.05, 0) is 36.6 Å². The standard InChI is InChI=1S/C22H23F2N3O2/c1-2-11-27(17-6-4-3-5-7-17)22(29)21(28)25-14-16-10-12-26(15-16)18-8-9-19(23)20(24)13-18/h2-9,13,16H,1,10-12,14-15H2,(H,25,28). The predicted molar refractivity (Wildman–Crippen MR) is 109 cm³/mol. The van der Waals surface area contributed by atoms with Crippen molar-refractivity contribution in [2.75, 3.05) is 36.0 Å². The quantitative estimate of drug-likeness (QED) is 0.600. The average molecular weight is 399 g/mol. The molecule has 1 unspecified atom stereocenters. The number of nitrogens with zero attached hydrogens (tertiary/aromatic N) is 2. The number of amides is 2. The molecule has 0 saturated carbocycles. The SMILES string of the molecule is C=CCN(C(=O)C(=O)NCC1CCN(c2ccc(F)c(F)c2)C1)c1ccccc1. The zero-order valence-corrected chi connectivity index (χ0v) is 16.0. The van der Waals surface area contributed by atoms with Crippen molar-refractivity contribution in [3.8, 4) is 0 Å². The van der Waals surface area contributed by atoms with Gasteiger partial charge in [0, 0.05) is 43.6 Å². The minimum absolute atomic E-state index is 0.115. The minimum atomic E-state index is -0.881. The zero-order chi connectivity index (χ0) is 20.8. The highest BCUT2D eigenvalue weighted by molar-refractivity contribution is 6.40. The van der Waals surface area contributed by atoms with Crippen LogP contribution >= 0.6 is 0 Å². The van der Waals surface area contributed by atoms with Crippen LogP contribution < -0.4 is 15.1 Å². The molecule has 0 aliphatic carbocycles. The molecule has 29 heavy (non-hydrogen) atoms. The van der Waals surface area contributed by atoms with E-state index in [1.807, 2.05) is 11.0 Å². The summed E-state index contributed by atoms with van der Waals surface area (Å²) in [5, 5.41) is 2.70. The fourth-order valence-corrected chi connectivity index (χ4v) is 3.39. The van der Waals surface area contributed by atoms with E-state index >= 15 is 0 Å². The van der Waals surface area contributed by atoms with Gasteiger partial charge in [0.25, 0.3) is 0 Å². The number of nitrogens with one attached hydrogen (secondary N) is 1. The number of carbonyl (C=O) groups is 2. The van der Waals surface area contributed by atoms with Crippen LogP contribution in [0.3, 0.4) is 0 Å². The number of halogens is 2. The monoisotopic (exact) mass is 399 g/mol. The molecule has 0 bridgehead atoms. The Morgan fingerprint density at radius 3 is 2.62 bits per heavy atom. The third-order valence-corrected chi connectivity index (χ3v) is 4.92. The summed E-state index contributed by atoms with van der Waals surface area (Å²) in [5.74, 6) is -2.97. The lowest BCUT2D eigenvalue weighted by atomic mass is 10.1. The van der Waals surface area contributed by atoms with E-state index in [4.69, 9.17) is 0 Å². The molecule has 7 heteroatoms. The molecule has 152 valence electrons. The Labute approximate surface area is 168 Å². The summed E-state index contributed by atoms with van der Waals surface area (Å²) in [5.41, 5.74) is 1.23. The number of para-hydroxylation sites is 1. The molecule has 1 saturated heterocycles. The van der Waals surface area contributed by atoms with Crippen LogP contribution in [0.1, 0.15) is 6.42 Å². The summed E-state index contributed by atoms with van der Waals surface area (Å²) in [7, 11) is 0. The van der Waals surface area contributed by atoms with Gasteiger partial charge in [0.2, 0.25) is 0 Å². The molecule has 1 N–H and O–H groups in total. The number of hydrogen-bond donors (Lipinski definition) is 1. The number of benzene rings is 2. The fraction of sp³-hybridized carbons (Fsp3) is 0.273. The van der Waals surface area contributed by atoms with Crippen LogP contribution in [0.15, 0.2) is 61.2 Å². The highest BCUT2D eigenvalue weighted by Crippen LogP contribution is 2.25. The van der Waals surface area contributed by atoms with Crippen molar-refractivity contribution in [2.45, 2.75) is 6.42 Å². The van der Waals surface area contributed by atoms with Gasteiger partial charge in [0.15, 0.2) is 11.6 Å². The molecule has 1 aliphatic rings. The van der Waals surface area contributed by atoms with Gasteiger partial charge in [-0.15, -0.1) is 6.58 Å². The number of anilines is 2. The van der Waals surface area contributed by atoms with Crippen LogP contribution in [0, 0.1) is 17.6 Å². The topological polar surface area (TPSA) is 52.7 Å². The van der Waals surface area contributed by atoms with Crippen LogP contribution in [0.5, 0.6) is 0 Å². The normalized spacial score (nSPS) is 15.8. The van der Waals surface area contributed by atoms with Crippen LogP contribution in [0.2, 0.25) is 0 Å². The van der Waals surface area contributed by atoms with E-state index in [2.05, 4.69) is 11.9 Å². The molecule has 1 heterocycles. The van der Waals surface area contributed by atoms with Crippen LogP contribution in [0.25, 0.3) is 0 Å². The molecule has 3 rings (SSSR count). The van der Waals surface area contributed by atoms with E-state index < -0.39 is 23.4 Å². The molecule has 0 radical (unpaired) electrons. The highest BCUT2D eigenvalue weighted by Gasteiger charge is 2.26. The number of rotatable bonds is 6. The molecule has 0 aromatic heterocycles. The molecule has 2 aromatic carbocycles. The lowest BCUT2D eigenvalue weighted by molar-refractivity contribution is -0.137. The molecular formula is C22H23F2N3O2. The van der Waals surface area contributed by atoms with Gasteiger partial charge in [0.1, 0.15) is 0 Å². The van der Waals surface area contributed by atoms with Gasteiger partial charge in [-0.2, -0.15) is 0 Å². The summed E-state index contributed by atoms with van der Waals surface area (Å²) < 4.78 is 26.6. The van der Waals surface area contributed by atoms with E-state index in [0.29, 0.717) is 31.0 Å². The van der Waals surface area contributed by atoms with E-state index in [1.165, 1.54) is 17.0 Å². The third-order valence-electron chi connectivity index (χ3n) is 4.92. The molecule has 0 spiro atoms. The van der Waals surface area contributed by atoms with Crippen LogP contribution in [-0.2, 0) is 9.59 Å². The third kappa shape index (κ3) is 4.99. The predicted octanol–water partition coefficient (Wildman–Crippen LogP) is 3.13. The van der Waals surface area contributed by atoms with Gasteiger partial charge >= 0.3 is 11.8 Å². The molecule has 5 nitrogen and oxygen atoms in total. The Morgan fingerprint density at radius 2 is 1.93 bits per heavy atom. The zero-order valence-electron chi connectivity index (χ0n) is 16.0. The summed E-state index contributed by atoms with van der Waals surface area (Å²) in [6.45, 7) is 5.47. The Bertz CT molecular complexity index is 889.